The molecule has 0 spiro atoms. The highest BCUT2D eigenvalue weighted by atomic mass is 19.1. The van der Waals surface area contributed by atoms with E-state index in [4.69, 9.17) is 5.41 Å². The molecule has 2 aromatic carbocycles. The number of hydrogen-bond acceptors (Lipinski definition) is 3. The summed E-state index contributed by atoms with van der Waals surface area (Å²) in [6, 6.07) is 12.8. The van der Waals surface area contributed by atoms with Crippen molar-refractivity contribution < 1.29 is 9.18 Å². The molecular formula is C21H20FN3O. The molecule has 1 heterocycles. The van der Waals surface area contributed by atoms with Crippen molar-refractivity contribution in [1.82, 2.24) is 4.98 Å². The van der Waals surface area contributed by atoms with Crippen molar-refractivity contribution in [3.63, 3.8) is 0 Å². The molecule has 0 unspecified atom stereocenters. The van der Waals surface area contributed by atoms with Gasteiger partial charge < -0.3 is 10.7 Å². The summed E-state index contributed by atoms with van der Waals surface area (Å²) in [7, 11) is 0. The number of nitrogens with zero attached hydrogens (tertiary/aromatic N) is 1. The lowest BCUT2D eigenvalue weighted by Crippen LogP contribution is -2.12. The molecule has 0 aliphatic rings. The predicted octanol–water partition coefficient (Wildman–Crippen LogP) is 5.10. The van der Waals surface area contributed by atoms with Crippen LogP contribution in [-0.2, 0) is 0 Å². The number of carbonyl (C=O) groups is 1. The molecule has 0 saturated carbocycles. The Kier molecular flexibility index (Phi) is 5.07. The molecule has 0 radical (unpaired) electrons. The van der Waals surface area contributed by atoms with E-state index >= 15 is 0 Å². The number of carbonyl (C=O) groups excluding carboxylic acids is 1. The Balaban J connectivity index is 1.93. The number of pyridine rings is 1. The maximum Gasteiger partial charge on any atom is 0.255 e. The van der Waals surface area contributed by atoms with Crippen LogP contribution in [0.4, 0.5) is 10.1 Å². The van der Waals surface area contributed by atoms with E-state index < -0.39 is 0 Å². The summed E-state index contributed by atoms with van der Waals surface area (Å²) in [6.45, 7) is 3.94. The number of amides is 1. The van der Waals surface area contributed by atoms with Crippen LogP contribution in [0.5, 0.6) is 0 Å². The highest BCUT2D eigenvalue weighted by molar-refractivity contribution is 6.10. The predicted molar refractivity (Wildman–Crippen MR) is 103 cm³/mol. The van der Waals surface area contributed by atoms with Crippen LogP contribution in [0.1, 0.15) is 41.4 Å². The number of aryl methyl sites for hydroxylation is 1. The summed E-state index contributed by atoms with van der Waals surface area (Å²) in [4.78, 5) is 16.8. The minimum Gasteiger partial charge on any atom is -0.322 e. The lowest BCUT2D eigenvalue weighted by Gasteiger charge is -2.11. The molecule has 0 aliphatic heterocycles. The average molecular weight is 349 g/mol. The van der Waals surface area contributed by atoms with E-state index in [0.717, 1.165) is 28.6 Å². The second-order valence-corrected chi connectivity index (χ2v) is 6.23. The van der Waals surface area contributed by atoms with Crippen LogP contribution in [0.25, 0.3) is 10.9 Å². The molecule has 0 saturated heterocycles. The van der Waals surface area contributed by atoms with E-state index in [9.17, 15) is 9.18 Å². The molecule has 0 fully saturated rings. The number of benzene rings is 2. The number of anilines is 1. The third-order valence-corrected chi connectivity index (χ3v) is 4.13. The smallest absolute Gasteiger partial charge is 0.255 e. The maximum absolute atomic E-state index is 13.0. The fraction of sp³-hybridized carbons (Fsp3) is 0.190. The van der Waals surface area contributed by atoms with Crippen molar-refractivity contribution in [3.8, 4) is 0 Å². The zero-order valence-electron chi connectivity index (χ0n) is 14.8. The van der Waals surface area contributed by atoms with Crippen molar-refractivity contribution in [1.29, 1.82) is 5.41 Å². The van der Waals surface area contributed by atoms with Gasteiger partial charge in [-0.25, -0.2) is 4.39 Å². The topological polar surface area (TPSA) is 65.8 Å². The lowest BCUT2D eigenvalue weighted by molar-refractivity contribution is 0.102. The largest absolute Gasteiger partial charge is 0.322 e. The average Bonchev–Trinajstić information content (AvgIpc) is 2.61. The summed E-state index contributed by atoms with van der Waals surface area (Å²) in [5, 5.41) is 12.0. The minimum atomic E-state index is -0.381. The molecule has 1 amide bonds. The van der Waals surface area contributed by atoms with Gasteiger partial charge in [0, 0.05) is 33.6 Å². The normalized spacial score (nSPS) is 10.7. The minimum absolute atomic E-state index is 0.309. The van der Waals surface area contributed by atoms with E-state index in [1.165, 1.54) is 24.3 Å². The highest BCUT2D eigenvalue weighted by Crippen LogP contribution is 2.24. The van der Waals surface area contributed by atoms with Gasteiger partial charge in [-0.1, -0.05) is 19.4 Å². The van der Waals surface area contributed by atoms with Crippen LogP contribution in [0.15, 0.2) is 48.5 Å². The highest BCUT2D eigenvalue weighted by Gasteiger charge is 2.11. The van der Waals surface area contributed by atoms with Crippen LogP contribution < -0.4 is 5.32 Å². The summed E-state index contributed by atoms with van der Waals surface area (Å²) >= 11 is 0. The van der Waals surface area contributed by atoms with Gasteiger partial charge in [-0.15, -0.1) is 0 Å². The Labute approximate surface area is 151 Å². The first-order valence-electron chi connectivity index (χ1n) is 8.54. The van der Waals surface area contributed by atoms with Crippen molar-refractivity contribution in [2.75, 3.05) is 5.32 Å². The molecule has 0 atom stereocenters. The number of aromatic nitrogens is 1. The Hall–Kier alpha value is -3.08. The Bertz CT molecular complexity index is 980. The third-order valence-electron chi connectivity index (χ3n) is 4.13. The van der Waals surface area contributed by atoms with Crippen LogP contribution in [0.2, 0.25) is 0 Å². The van der Waals surface area contributed by atoms with Crippen LogP contribution in [0.3, 0.4) is 0 Å². The molecule has 5 heteroatoms. The fourth-order valence-electron chi connectivity index (χ4n) is 2.88. The first-order chi connectivity index (χ1) is 12.5. The van der Waals surface area contributed by atoms with Crippen LogP contribution in [-0.4, -0.2) is 16.6 Å². The van der Waals surface area contributed by atoms with E-state index in [-0.39, 0.29) is 11.7 Å². The zero-order valence-corrected chi connectivity index (χ0v) is 14.8. The van der Waals surface area contributed by atoms with E-state index in [1.807, 2.05) is 26.0 Å². The van der Waals surface area contributed by atoms with Crippen molar-refractivity contribution in [2.45, 2.75) is 26.7 Å². The molecular weight excluding hydrogens is 329 g/mol. The van der Waals surface area contributed by atoms with Gasteiger partial charge in [0.2, 0.25) is 0 Å². The van der Waals surface area contributed by atoms with Gasteiger partial charge in [0.05, 0.1) is 5.52 Å². The quantitative estimate of drug-likeness (QED) is 0.629. The summed E-state index contributed by atoms with van der Waals surface area (Å²) < 4.78 is 13.0. The van der Waals surface area contributed by atoms with Crippen LogP contribution >= 0.6 is 0 Å². The fourth-order valence-corrected chi connectivity index (χ4v) is 2.88. The van der Waals surface area contributed by atoms with Crippen LogP contribution in [0, 0.1) is 18.2 Å². The van der Waals surface area contributed by atoms with Gasteiger partial charge in [0.15, 0.2) is 0 Å². The van der Waals surface area contributed by atoms with E-state index in [1.54, 1.807) is 12.1 Å². The van der Waals surface area contributed by atoms with Gasteiger partial charge in [-0.2, -0.15) is 0 Å². The van der Waals surface area contributed by atoms with Gasteiger partial charge in [0.1, 0.15) is 5.82 Å². The zero-order chi connectivity index (χ0) is 18.7. The lowest BCUT2D eigenvalue weighted by atomic mass is 10.0. The second-order valence-electron chi connectivity index (χ2n) is 6.23. The summed E-state index contributed by atoms with van der Waals surface area (Å²) in [5.41, 5.74) is 4.02. The molecule has 2 N–H and O–H groups in total. The molecule has 132 valence electrons. The van der Waals surface area contributed by atoms with Gasteiger partial charge in [0.25, 0.3) is 5.91 Å². The number of halogens is 1. The van der Waals surface area contributed by atoms with Crippen molar-refractivity contribution in [3.05, 3.63) is 71.2 Å². The SMILES string of the molecule is CCCC(=N)c1cc(C)nc2cc(NC(=O)c3ccc(F)cc3)ccc12. The first kappa shape index (κ1) is 17.7. The maximum atomic E-state index is 13.0. The molecule has 3 rings (SSSR count). The van der Waals surface area contributed by atoms with Gasteiger partial charge in [-0.05, 0) is 55.8 Å². The second kappa shape index (κ2) is 7.44. The van der Waals surface area contributed by atoms with Gasteiger partial charge >= 0.3 is 0 Å². The molecule has 0 bridgehead atoms. The third kappa shape index (κ3) is 3.77. The summed E-state index contributed by atoms with van der Waals surface area (Å²) in [6.07, 6.45) is 1.62. The standard InChI is InChI=1S/C21H20FN3O/c1-3-4-19(23)18-11-13(2)24-20-12-16(9-10-17(18)20)25-21(26)14-5-7-15(22)8-6-14/h5-12,23H,3-4H2,1-2H3,(H,25,26). The van der Waals surface area contributed by atoms with Crippen molar-refractivity contribution in [2.24, 2.45) is 0 Å². The molecule has 0 aliphatic carbocycles. The Morgan fingerprint density at radius 3 is 2.58 bits per heavy atom. The van der Waals surface area contributed by atoms with E-state index in [0.29, 0.717) is 23.4 Å². The molecule has 26 heavy (non-hydrogen) atoms. The van der Waals surface area contributed by atoms with Gasteiger partial charge in [-0.3, -0.25) is 9.78 Å². The summed E-state index contributed by atoms with van der Waals surface area (Å²) in [5.74, 6) is -0.690. The number of hydrogen-bond donors (Lipinski definition) is 2. The van der Waals surface area contributed by atoms with E-state index in [2.05, 4.69) is 10.3 Å². The monoisotopic (exact) mass is 349 g/mol. The number of nitrogens with one attached hydrogen (secondary N) is 2. The molecule has 4 nitrogen and oxygen atoms in total. The first-order valence-corrected chi connectivity index (χ1v) is 8.54. The molecule has 3 aromatic rings. The van der Waals surface area contributed by atoms with Crippen molar-refractivity contribution >= 4 is 28.2 Å². The number of fused-ring (bicyclic) bond motifs is 1. The Morgan fingerprint density at radius 2 is 1.88 bits per heavy atom. The molecule has 1 aromatic heterocycles. The Morgan fingerprint density at radius 1 is 1.15 bits per heavy atom. The number of rotatable bonds is 5.